The van der Waals surface area contributed by atoms with Crippen LogP contribution < -0.4 is 0 Å². The summed E-state index contributed by atoms with van der Waals surface area (Å²) < 4.78 is 16.0. The van der Waals surface area contributed by atoms with Crippen molar-refractivity contribution in [2.24, 2.45) is 0 Å². The van der Waals surface area contributed by atoms with Gasteiger partial charge in [0.05, 0.1) is 0 Å². The normalized spacial score (nSPS) is 26.4. The van der Waals surface area contributed by atoms with Crippen LogP contribution in [0.1, 0.15) is 13.8 Å². The molecule has 0 unspecified atom stereocenters. The minimum atomic E-state index is -0.846. The van der Waals surface area contributed by atoms with Gasteiger partial charge in [-0.05, 0) is 13.8 Å². The van der Waals surface area contributed by atoms with Crippen LogP contribution in [0.5, 0.6) is 0 Å². The first kappa shape index (κ1) is 16.6. The van der Waals surface area contributed by atoms with Gasteiger partial charge in [0.1, 0.15) is 12.2 Å². The first-order valence-corrected chi connectivity index (χ1v) is 6.24. The van der Waals surface area contributed by atoms with Crippen LogP contribution in [0.15, 0.2) is 25.3 Å². The molecule has 0 radical (unpaired) electrons. The number of hydrogen-bond acceptors (Lipinski definition) is 5. The minimum absolute atomic E-state index is 0.622. The van der Waals surface area contributed by atoms with Gasteiger partial charge in [0.2, 0.25) is 0 Å². The highest BCUT2D eigenvalue weighted by molar-refractivity contribution is 5.89. The van der Waals surface area contributed by atoms with E-state index in [4.69, 9.17) is 14.2 Å². The molecule has 1 aliphatic heterocycles. The molecule has 0 amide bonds. The molecule has 0 aromatic heterocycles. The van der Waals surface area contributed by atoms with Crippen molar-refractivity contribution in [2.75, 3.05) is 0 Å². The zero-order valence-electron chi connectivity index (χ0n) is 11.9. The average molecular weight is 288 g/mol. The lowest BCUT2D eigenvalue weighted by Gasteiger charge is -2.20. The number of carbonyl (C=O) groups excluding carboxylic acids is 2. The van der Waals surface area contributed by atoms with Crippen molar-refractivity contribution < 1.29 is 23.8 Å². The molecule has 0 N–H and O–H groups in total. The summed E-state index contributed by atoms with van der Waals surface area (Å²) in [6, 6.07) is 0. The molecule has 0 aromatic carbocycles. The largest absolute Gasteiger partial charge is 0.446 e. The fourth-order valence-electron chi connectivity index (χ4n) is 1.87. The van der Waals surface area contributed by atoms with Gasteiger partial charge >= 0.3 is 11.9 Å². The molecule has 5 nitrogen and oxygen atoms in total. The molecule has 0 bridgehead atoms. The van der Waals surface area contributed by atoms with E-state index in [0.717, 1.165) is 0 Å². The Morgan fingerprint density at radius 2 is 1.33 bits per heavy atom. The highest BCUT2D eigenvalue weighted by atomic mass is 16.6. The van der Waals surface area contributed by atoms with E-state index in [2.05, 4.69) is 36.8 Å². The summed E-state index contributed by atoms with van der Waals surface area (Å²) in [7, 11) is 0. The maximum absolute atomic E-state index is 11.5. The summed E-state index contributed by atoms with van der Waals surface area (Å²) in [6.45, 7) is 10.2. The Balaban J connectivity index is 2.97. The molecule has 1 aliphatic rings. The number of esters is 2. The molecule has 5 heteroatoms. The van der Waals surface area contributed by atoms with Crippen LogP contribution in [0, 0.1) is 23.7 Å². The lowest BCUT2D eigenvalue weighted by atomic mass is 10.1. The van der Waals surface area contributed by atoms with Crippen LogP contribution in [0.4, 0.5) is 0 Å². The third kappa shape index (κ3) is 4.24. The van der Waals surface area contributed by atoms with Crippen LogP contribution in [0.25, 0.3) is 0 Å². The zero-order chi connectivity index (χ0) is 15.8. The molecule has 4 atom stereocenters. The van der Waals surface area contributed by atoms with Gasteiger partial charge in [-0.1, -0.05) is 24.0 Å². The first-order valence-electron chi connectivity index (χ1n) is 6.24. The third-order valence-corrected chi connectivity index (χ3v) is 2.69. The monoisotopic (exact) mass is 288 g/mol. The number of ether oxygens (including phenoxy) is 3. The predicted octanol–water partition coefficient (Wildman–Crippen LogP) is 0.996. The lowest BCUT2D eigenvalue weighted by molar-refractivity contribution is -0.157. The molecule has 1 rings (SSSR count). The summed E-state index contributed by atoms with van der Waals surface area (Å²) in [6.07, 6.45) is -0.00534. The molecule has 1 heterocycles. The van der Waals surface area contributed by atoms with Gasteiger partial charge in [0, 0.05) is 11.8 Å². The van der Waals surface area contributed by atoms with Crippen molar-refractivity contribution in [2.45, 2.75) is 38.3 Å². The zero-order valence-corrected chi connectivity index (χ0v) is 11.9. The Labute approximate surface area is 123 Å². The van der Waals surface area contributed by atoms with E-state index in [1.165, 1.54) is 26.0 Å². The quantitative estimate of drug-likeness (QED) is 0.334. The van der Waals surface area contributed by atoms with Crippen molar-refractivity contribution in [3.63, 3.8) is 0 Å². The Hall–Kier alpha value is -2.50. The lowest BCUT2D eigenvalue weighted by Crippen LogP contribution is -2.39. The molecule has 0 saturated carbocycles. The molecule has 1 saturated heterocycles. The van der Waals surface area contributed by atoms with E-state index in [0.29, 0.717) is 0 Å². The van der Waals surface area contributed by atoms with E-state index >= 15 is 0 Å². The van der Waals surface area contributed by atoms with Gasteiger partial charge in [-0.15, -0.1) is 13.2 Å². The summed E-state index contributed by atoms with van der Waals surface area (Å²) in [5.74, 6) is 7.91. The Kier molecular flexibility index (Phi) is 6.26. The summed E-state index contributed by atoms with van der Waals surface area (Å²) in [5, 5.41) is 0. The number of rotatable bonds is 4. The molecule has 1 fully saturated rings. The fraction of sp³-hybridized carbons (Fsp3) is 0.375. The van der Waals surface area contributed by atoms with Gasteiger partial charge in [0.15, 0.2) is 12.2 Å². The van der Waals surface area contributed by atoms with E-state index in [-0.39, 0.29) is 0 Å². The molecular formula is C16H16O5. The summed E-state index contributed by atoms with van der Waals surface area (Å²) >= 11 is 0. The maximum atomic E-state index is 11.5. The second-order valence-corrected chi connectivity index (χ2v) is 4.03. The van der Waals surface area contributed by atoms with Crippen molar-refractivity contribution >= 4 is 11.9 Å². The summed E-state index contributed by atoms with van der Waals surface area (Å²) in [4.78, 5) is 23.1. The van der Waals surface area contributed by atoms with Crippen molar-refractivity contribution in [1.29, 1.82) is 0 Å². The molecular weight excluding hydrogens is 272 g/mol. The highest BCUT2D eigenvalue weighted by Crippen LogP contribution is 2.28. The smallest absolute Gasteiger partial charge is 0.384 e. The molecule has 0 aromatic rings. The standard InChI is InChI=1S/C16H16O5/c1-5-9-13(17)20-15-11(7-3)19-12(8-4)16(15)21-14(18)10-6-2/h7-8,11-12,15-16H,3-4H2,1-2H3/t11-,12+,15+,16-. The highest BCUT2D eigenvalue weighted by Gasteiger charge is 2.47. The van der Waals surface area contributed by atoms with Crippen LogP contribution in [0.2, 0.25) is 0 Å². The van der Waals surface area contributed by atoms with Crippen LogP contribution in [-0.4, -0.2) is 36.4 Å². The van der Waals surface area contributed by atoms with Crippen molar-refractivity contribution in [3.8, 4) is 23.7 Å². The van der Waals surface area contributed by atoms with Gasteiger partial charge in [0.25, 0.3) is 0 Å². The second-order valence-electron chi connectivity index (χ2n) is 4.03. The fourth-order valence-corrected chi connectivity index (χ4v) is 1.87. The number of carbonyl (C=O) groups is 2. The second kappa shape index (κ2) is 7.94. The Morgan fingerprint density at radius 3 is 1.62 bits per heavy atom. The van der Waals surface area contributed by atoms with E-state index in [9.17, 15) is 9.59 Å². The van der Waals surface area contributed by atoms with Gasteiger partial charge < -0.3 is 14.2 Å². The molecule has 21 heavy (non-hydrogen) atoms. The van der Waals surface area contributed by atoms with Gasteiger partial charge in [-0.3, -0.25) is 0 Å². The van der Waals surface area contributed by atoms with Crippen LogP contribution in [0.3, 0.4) is 0 Å². The third-order valence-electron chi connectivity index (χ3n) is 2.69. The SMILES string of the molecule is C=C[C@@H]1O[C@H](C=C)[C@H](OC(=O)C#CC)[C@@H]1OC(=O)C#CC. The topological polar surface area (TPSA) is 61.8 Å². The van der Waals surface area contributed by atoms with Crippen molar-refractivity contribution in [1.82, 2.24) is 0 Å². The van der Waals surface area contributed by atoms with Crippen LogP contribution >= 0.6 is 0 Å². The van der Waals surface area contributed by atoms with Gasteiger partial charge in [-0.2, -0.15) is 0 Å². The molecule has 0 aliphatic carbocycles. The first-order chi connectivity index (χ1) is 10.1. The molecule has 0 spiro atoms. The summed E-state index contributed by atoms with van der Waals surface area (Å²) in [5.41, 5.74) is 0. The molecule has 110 valence electrons. The Bertz CT molecular complexity index is 505. The Morgan fingerprint density at radius 1 is 0.952 bits per heavy atom. The number of hydrogen-bond donors (Lipinski definition) is 0. The minimum Gasteiger partial charge on any atom is -0.446 e. The van der Waals surface area contributed by atoms with Gasteiger partial charge in [-0.25, -0.2) is 9.59 Å². The predicted molar refractivity (Wildman–Crippen MR) is 75.7 cm³/mol. The van der Waals surface area contributed by atoms with Crippen LogP contribution in [-0.2, 0) is 23.8 Å². The van der Waals surface area contributed by atoms with E-state index < -0.39 is 36.4 Å². The van der Waals surface area contributed by atoms with Crippen molar-refractivity contribution in [3.05, 3.63) is 25.3 Å². The van der Waals surface area contributed by atoms with E-state index in [1.807, 2.05) is 0 Å². The average Bonchev–Trinajstić information content (AvgIpc) is 2.77. The maximum Gasteiger partial charge on any atom is 0.384 e. The van der Waals surface area contributed by atoms with E-state index in [1.54, 1.807) is 0 Å².